The van der Waals surface area contributed by atoms with Crippen LogP contribution in [0.3, 0.4) is 0 Å². The van der Waals surface area contributed by atoms with Gasteiger partial charge >= 0.3 is 0 Å². The Morgan fingerprint density at radius 1 is 1.24 bits per heavy atom. The summed E-state index contributed by atoms with van der Waals surface area (Å²) < 4.78 is 31.0. The molecule has 194 valence electrons. The third-order valence-corrected chi connectivity index (χ3v) is 7.80. The van der Waals surface area contributed by atoms with Crippen molar-refractivity contribution < 1.29 is 13.6 Å². The summed E-state index contributed by atoms with van der Waals surface area (Å²) in [7, 11) is 1.74. The van der Waals surface area contributed by atoms with Gasteiger partial charge in [-0.05, 0) is 80.5 Å². The molecule has 3 heterocycles. The topological polar surface area (TPSA) is 74.3 Å². The second-order valence-corrected chi connectivity index (χ2v) is 10.2. The van der Waals surface area contributed by atoms with Gasteiger partial charge in [0.15, 0.2) is 5.82 Å². The number of benzene rings is 2. The molecule has 8 heteroatoms. The van der Waals surface area contributed by atoms with Crippen molar-refractivity contribution >= 4 is 22.5 Å². The number of aliphatic imine (C=N–C) groups is 1. The first-order valence-electron chi connectivity index (χ1n) is 12.7. The van der Waals surface area contributed by atoms with Gasteiger partial charge in [0.1, 0.15) is 23.1 Å². The Labute approximate surface area is 220 Å². The SMILES string of the molecule is C/C=C(/C)[C@H]1CCN(C(=O)C2=C(C)C(Cc3cc(F)c4nn(C)cc4c3)C(c3ccc(C#N)c(F)c3)=N2)C1. The fraction of sp³-hybridized carbons (Fsp3) is 0.333. The zero-order valence-corrected chi connectivity index (χ0v) is 21.9. The summed E-state index contributed by atoms with van der Waals surface area (Å²) in [5, 5.41) is 14.0. The Morgan fingerprint density at radius 2 is 2.03 bits per heavy atom. The van der Waals surface area contributed by atoms with Crippen molar-refractivity contribution in [2.75, 3.05) is 13.1 Å². The molecular weight excluding hydrogens is 484 g/mol. The van der Waals surface area contributed by atoms with Crippen molar-refractivity contribution in [1.29, 1.82) is 5.26 Å². The number of hydrogen-bond donors (Lipinski definition) is 0. The molecule has 2 atom stereocenters. The number of aryl methyl sites for hydroxylation is 1. The van der Waals surface area contributed by atoms with Gasteiger partial charge in [-0.3, -0.25) is 9.48 Å². The van der Waals surface area contributed by atoms with Gasteiger partial charge in [0, 0.05) is 37.6 Å². The molecule has 0 spiro atoms. The normalized spacial score (nSPS) is 19.9. The van der Waals surface area contributed by atoms with Crippen LogP contribution in [-0.4, -0.2) is 39.4 Å². The zero-order valence-electron chi connectivity index (χ0n) is 21.9. The van der Waals surface area contributed by atoms with E-state index in [2.05, 4.69) is 18.1 Å². The van der Waals surface area contributed by atoms with E-state index in [1.807, 2.05) is 30.9 Å². The molecule has 0 radical (unpaired) electrons. The second kappa shape index (κ2) is 9.97. The van der Waals surface area contributed by atoms with E-state index >= 15 is 0 Å². The fourth-order valence-corrected chi connectivity index (χ4v) is 5.48. The summed E-state index contributed by atoms with van der Waals surface area (Å²) in [4.78, 5) is 20.2. The number of rotatable bonds is 5. The van der Waals surface area contributed by atoms with Gasteiger partial charge in [-0.1, -0.05) is 17.7 Å². The van der Waals surface area contributed by atoms with Crippen LogP contribution in [0.4, 0.5) is 8.78 Å². The minimum Gasteiger partial charge on any atom is -0.337 e. The molecule has 0 saturated carbocycles. The molecule has 1 unspecified atom stereocenters. The maximum Gasteiger partial charge on any atom is 0.272 e. The van der Waals surface area contributed by atoms with Crippen LogP contribution in [0, 0.1) is 34.8 Å². The van der Waals surface area contributed by atoms with Crippen LogP contribution in [0.1, 0.15) is 43.9 Å². The Morgan fingerprint density at radius 3 is 2.74 bits per heavy atom. The van der Waals surface area contributed by atoms with Crippen molar-refractivity contribution in [1.82, 2.24) is 14.7 Å². The summed E-state index contributed by atoms with van der Waals surface area (Å²) in [6.45, 7) is 7.25. The molecule has 1 amide bonds. The number of nitrogens with zero attached hydrogens (tertiary/aromatic N) is 5. The third-order valence-electron chi connectivity index (χ3n) is 7.80. The van der Waals surface area contributed by atoms with Crippen LogP contribution >= 0.6 is 0 Å². The lowest BCUT2D eigenvalue weighted by Crippen LogP contribution is -2.30. The molecule has 1 fully saturated rings. The largest absolute Gasteiger partial charge is 0.337 e. The van der Waals surface area contributed by atoms with Crippen LogP contribution < -0.4 is 0 Å². The molecule has 2 aliphatic heterocycles. The highest BCUT2D eigenvalue weighted by Crippen LogP contribution is 2.35. The molecule has 0 aliphatic carbocycles. The van der Waals surface area contributed by atoms with Gasteiger partial charge < -0.3 is 4.90 Å². The third kappa shape index (κ3) is 4.53. The van der Waals surface area contributed by atoms with Crippen molar-refractivity contribution in [3.8, 4) is 6.07 Å². The number of carbonyl (C=O) groups is 1. The Balaban J connectivity index is 1.53. The molecule has 2 aromatic carbocycles. The number of likely N-dealkylation sites (tertiary alicyclic amines) is 1. The second-order valence-electron chi connectivity index (χ2n) is 10.2. The van der Waals surface area contributed by atoms with Gasteiger partial charge in [-0.15, -0.1) is 0 Å². The van der Waals surface area contributed by atoms with E-state index in [-0.39, 0.29) is 17.4 Å². The first-order valence-corrected chi connectivity index (χ1v) is 12.7. The molecule has 1 aromatic heterocycles. The molecule has 6 nitrogen and oxygen atoms in total. The number of aromatic nitrogens is 2. The monoisotopic (exact) mass is 513 g/mol. The van der Waals surface area contributed by atoms with Gasteiger partial charge in [0.25, 0.3) is 5.91 Å². The molecule has 0 bridgehead atoms. The van der Waals surface area contributed by atoms with Gasteiger partial charge in [0.05, 0.1) is 11.3 Å². The summed E-state index contributed by atoms with van der Waals surface area (Å²) in [6, 6.07) is 9.56. The first kappa shape index (κ1) is 25.5. The average Bonchev–Trinajstić information content (AvgIpc) is 3.61. The molecule has 5 rings (SSSR count). The summed E-state index contributed by atoms with van der Waals surface area (Å²) in [5.74, 6) is -1.23. The zero-order chi connectivity index (χ0) is 27.1. The summed E-state index contributed by atoms with van der Waals surface area (Å²) >= 11 is 0. The van der Waals surface area contributed by atoms with Crippen molar-refractivity contribution in [2.45, 2.75) is 33.6 Å². The number of hydrogen-bond acceptors (Lipinski definition) is 4. The molecule has 2 aliphatic rings. The van der Waals surface area contributed by atoms with Crippen LogP contribution in [0.5, 0.6) is 0 Å². The molecule has 3 aromatic rings. The molecular formula is C30H29F2N5O. The highest BCUT2D eigenvalue weighted by Gasteiger charge is 2.36. The number of allylic oxidation sites excluding steroid dienone is 2. The lowest BCUT2D eigenvalue weighted by molar-refractivity contribution is -0.126. The number of halogens is 2. The van der Waals surface area contributed by atoms with Crippen molar-refractivity contribution in [2.24, 2.45) is 23.9 Å². The Bertz CT molecular complexity index is 1590. The number of amides is 1. The lowest BCUT2D eigenvalue weighted by atomic mass is 9.86. The van der Waals surface area contributed by atoms with Crippen molar-refractivity contribution in [3.05, 3.63) is 87.8 Å². The maximum absolute atomic E-state index is 14.9. The lowest BCUT2D eigenvalue weighted by Gasteiger charge is -2.18. The van der Waals surface area contributed by atoms with E-state index in [0.717, 1.165) is 17.6 Å². The van der Waals surface area contributed by atoms with Gasteiger partial charge in [-0.25, -0.2) is 13.8 Å². The smallest absolute Gasteiger partial charge is 0.272 e. The van der Waals surface area contributed by atoms with E-state index in [1.165, 1.54) is 23.8 Å². The van der Waals surface area contributed by atoms with Crippen LogP contribution in [0.15, 0.2) is 64.4 Å². The van der Waals surface area contributed by atoms with E-state index in [4.69, 9.17) is 10.3 Å². The summed E-state index contributed by atoms with van der Waals surface area (Å²) in [5.41, 5.74) is 4.41. The molecule has 0 N–H and O–H groups in total. The van der Waals surface area contributed by atoms with E-state index in [1.54, 1.807) is 24.0 Å². The fourth-order valence-electron chi connectivity index (χ4n) is 5.48. The number of carbonyl (C=O) groups excluding carboxylic acids is 1. The molecule has 38 heavy (non-hydrogen) atoms. The van der Waals surface area contributed by atoms with E-state index < -0.39 is 11.6 Å². The first-order chi connectivity index (χ1) is 18.2. The van der Waals surface area contributed by atoms with Gasteiger partial charge in [0.2, 0.25) is 0 Å². The highest BCUT2D eigenvalue weighted by molar-refractivity contribution is 6.11. The minimum atomic E-state index is -0.643. The van der Waals surface area contributed by atoms with E-state index in [9.17, 15) is 13.6 Å². The Kier molecular flexibility index (Phi) is 6.70. The number of fused-ring (bicyclic) bond motifs is 1. The average molecular weight is 514 g/mol. The van der Waals surface area contributed by atoms with Crippen LogP contribution in [0.2, 0.25) is 0 Å². The predicted molar refractivity (Wildman–Crippen MR) is 142 cm³/mol. The standard InChI is InChI=1S/C30H29F2N5O/c1-5-17(2)22-8-9-37(16-22)30(38)27-18(3)24(28(34-27)20-6-7-21(14-33)25(31)13-20)11-19-10-23-15-36(4)35-29(23)26(32)12-19/h5-7,10,12-13,15,22,24H,8-9,11,16H2,1-4H3/b17-5-/t22-,24?/m0/s1. The highest BCUT2D eigenvalue weighted by atomic mass is 19.1. The molecule has 1 saturated heterocycles. The quantitative estimate of drug-likeness (QED) is 0.425. The van der Waals surface area contributed by atoms with Crippen LogP contribution in [0.25, 0.3) is 10.9 Å². The maximum atomic E-state index is 14.9. The van der Waals surface area contributed by atoms with Gasteiger partial charge in [-0.2, -0.15) is 10.4 Å². The predicted octanol–water partition coefficient (Wildman–Crippen LogP) is 5.47. The number of nitriles is 1. The summed E-state index contributed by atoms with van der Waals surface area (Å²) in [6.07, 6.45) is 5.13. The van der Waals surface area contributed by atoms with E-state index in [0.29, 0.717) is 53.3 Å². The van der Waals surface area contributed by atoms with Crippen LogP contribution in [-0.2, 0) is 18.3 Å². The minimum absolute atomic E-state index is 0.0589. The van der Waals surface area contributed by atoms with Crippen molar-refractivity contribution in [3.63, 3.8) is 0 Å². The Hall–Kier alpha value is -4.12.